The molecule has 0 aliphatic rings. The van der Waals surface area contributed by atoms with Crippen molar-refractivity contribution in [2.75, 3.05) is 5.88 Å². The molecule has 1 unspecified atom stereocenters. The van der Waals surface area contributed by atoms with Gasteiger partial charge >= 0.3 is 0 Å². The van der Waals surface area contributed by atoms with E-state index in [1.807, 2.05) is 26.0 Å². The molecule has 0 spiro atoms. The summed E-state index contributed by atoms with van der Waals surface area (Å²) in [5.74, 6) is 0.657. The zero-order valence-electron chi connectivity index (χ0n) is 9.05. The van der Waals surface area contributed by atoms with Gasteiger partial charge in [0, 0.05) is 9.86 Å². The van der Waals surface area contributed by atoms with Crippen LogP contribution in [-0.2, 0) is 0 Å². The minimum Gasteiger partial charge on any atom is -0.458 e. The molecule has 0 bridgehead atoms. The molecule has 1 heterocycles. The number of aliphatic hydroxyl groups is 1. The summed E-state index contributed by atoms with van der Waals surface area (Å²) in [6, 6.07) is 3.82. The number of rotatable bonds is 2. The fourth-order valence-corrected chi connectivity index (χ4v) is 2.36. The lowest BCUT2D eigenvalue weighted by molar-refractivity contribution is 0.175. The summed E-state index contributed by atoms with van der Waals surface area (Å²) in [5.41, 5.74) is 3.05. The zero-order chi connectivity index (χ0) is 11.9. The number of fused-ring (bicyclic) bond motifs is 1. The van der Waals surface area contributed by atoms with Crippen LogP contribution in [0, 0.1) is 13.8 Å². The lowest BCUT2D eigenvalue weighted by Gasteiger charge is -2.03. The molecule has 86 valence electrons. The molecule has 0 saturated carbocycles. The molecule has 1 atom stereocenters. The quantitative estimate of drug-likeness (QED) is 0.848. The van der Waals surface area contributed by atoms with Gasteiger partial charge in [0.15, 0.2) is 0 Å². The molecule has 1 N–H and O–H groups in total. The van der Waals surface area contributed by atoms with E-state index in [0.717, 1.165) is 26.6 Å². The average molecular weight is 304 g/mol. The Hall–Kier alpha value is -0.510. The normalized spacial score (nSPS) is 13.3. The van der Waals surface area contributed by atoms with Crippen LogP contribution in [0.2, 0.25) is 0 Å². The fourth-order valence-electron chi connectivity index (χ4n) is 1.66. The lowest BCUT2D eigenvalue weighted by Crippen LogP contribution is -1.95. The third-order valence-electron chi connectivity index (χ3n) is 2.80. The van der Waals surface area contributed by atoms with Gasteiger partial charge in [-0.05, 0) is 37.1 Å². The van der Waals surface area contributed by atoms with Crippen LogP contribution in [0.15, 0.2) is 21.0 Å². The summed E-state index contributed by atoms with van der Waals surface area (Å²) >= 11 is 9.10. The molecule has 1 aromatic carbocycles. The Morgan fingerprint density at radius 3 is 2.69 bits per heavy atom. The van der Waals surface area contributed by atoms with Crippen LogP contribution in [0.5, 0.6) is 0 Å². The highest BCUT2D eigenvalue weighted by Gasteiger charge is 2.15. The molecule has 2 aromatic rings. The second-order valence-corrected chi connectivity index (χ2v) is 5.01. The average Bonchev–Trinajstić information content (AvgIpc) is 2.69. The van der Waals surface area contributed by atoms with Crippen molar-refractivity contribution in [2.45, 2.75) is 20.0 Å². The third kappa shape index (κ3) is 1.88. The first-order valence-electron chi connectivity index (χ1n) is 4.97. The minimum absolute atomic E-state index is 0.138. The molecule has 0 aliphatic carbocycles. The molecule has 1 aromatic heterocycles. The first kappa shape index (κ1) is 12.0. The maximum atomic E-state index is 9.62. The van der Waals surface area contributed by atoms with E-state index in [1.54, 1.807) is 0 Å². The second kappa shape index (κ2) is 4.40. The molecule has 16 heavy (non-hydrogen) atoms. The van der Waals surface area contributed by atoms with Crippen molar-refractivity contribution in [3.63, 3.8) is 0 Å². The first-order valence-corrected chi connectivity index (χ1v) is 6.30. The predicted molar refractivity (Wildman–Crippen MR) is 69.1 cm³/mol. The monoisotopic (exact) mass is 302 g/mol. The summed E-state index contributed by atoms with van der Waals surface area (Å²) in [5, 5.41) is 10.6. The number of furan rings is 1. The minimum atomic E-state index is -0.743. The van der Waals surface area contributed by atoms with Gasteiger partial charge in [0.2, 0.25) is 0 Å². The van der Waals surface area contributed by atoms with Crippen LogP contribution in [-0.4, -0.2) is 11.0 Å². The summed E-state index contributed by atoms with van der Waals surface area (Å²) in [6.07, 6.45) is -0.743. The number of aryl methyl sites for hydroxylation is 1. The van der Waals surface area contributed by atoms with E-state index in [4.69, 9.17) is 16.0 Å². The van der Waals surface area contributed by atoms with E-state index >= 15 is 0 Å². The predicted octanol–water partition coefficient (Wildman–Crippen LogP) is 4.08. The van der Waals surface area contributed by atoms with Crippen molar-refractivity contribution in [3.8, 4) is 0 Å². The van der Waals surface area contributed by atoms with Crippen LogP contribution >= 0.6 is 27.5 Å². The topological polar surface area (TPSA) is 33.4 Å². The SMILES string of the molecule is Cc1c(Br)cc2cc(C(O)CCl)oc2c1C. The number of alkyl halides is 1. The number of hydrogen-bond donors (Lipinski definition) is 1. The summed E-state index contributed by atoms with van der Waals surface area (Å²) in [7, 11) is 0. The van der Waals surface area contributed by atoms with Gasteiger partial charge in [0.25, 0.3) is 0 Å². The Morgan fingerprint density at radius 2 is 2.06 bits per heavy atom. The van der Waals surface area contributed by atoms with E-state index in [-0.39, 0.29) is 5.88 Å². The molecule has 4 heteroatoms. The summed E-state index contributed by atoms with van der Waals surface area (Å²) in [6.45, 7) is 4.03. The van der Waals surface area contributed by atoms with Crippen molar-refractivity contribution in [3.05, 3.63) is 33.5 Å². The zero-order valence-corrected chi connectivity index (χ0v) is 11.4. The van der Waals surface area contributed by atoms with Crippen LogP contribution in [0.4, 0.5) is 0 Å². The molecule has 0 radical (unpaired) electrons. The molecule has 0 aliphatic heterocycles. The van der Waals surface area contributed by atoms with Gasteiger partial charge in [0.05, 0.1) is 5.88 Å². The van der Waals surface area contributed by atoms with E-state index in [1.165, 1.54) is 0 Å². The Kier molecular flexibility index (Phi) is 3.29. The van der Waals surface area contributed by atoms with Crippen LogP contribution < -0.4 is 0 Å². The third-order valence-corrected chi connectivity index (χ3v) is 3.91. The Bertz CT molecular complexity index is 533. The molecule has 2 rings (SSSR count). The largest absolute Gasteiger partial charge is 0.458 e. The van der Waals surface area contributed by atoms with Gasteiger partial charge in [-0.25, -0.2) is 0 Å². The fraction of sp³-hybridized carbons (Fsp3) is 0.333. The highest BCUT2D eigenvalue weighted by atomic mass is 79.9. The summed E-state index contributed by atoms with van der Waals surface area (Å²) < 4.78 is 6.68. The number of halogens is 2. The molecule has 2 nitrogen and oxygen atoms in total. The molecule has 0 saturated heterocycles. The van der Waals surface area contributed by atoms with Crippen LogP contribution in [0.3, 0.4) is 0 Å². The van der Waals surface area contributed by atoms with Crippen LogP contribution in [0.1, 0.15) is 23.0 Å². The van der Waals surface area contributed by atoms with Gasteiger partial charge in [0.1, 0.15) is 17.4 Å². The van der Waals surface area contributed by atoms with E-state index in [0.29, 0.717) is 5.76 Å². The maximum absolute atomic E-state index is 9.62. The van der Waals surface area contributed by atoms with Crippen molar-refractivity contribution in [1.29, 1.82) is 0 Å². The van der Waals surface area contributed by atoms with Crippen molar-refractivity contribution >= 4 is 38.5 Å². The van der Waals surface area contributed by atoms with Gasteiger partial charge in [-0.15, -0.1) is 11.6 Å². The lowest BCUT2D eigenvalue weighted by atomic mass is 10.1. The van der Waals surface area contributed by atoms with Gasteiger partial charge < -0.3 is 9.52 Å². The van der Waals surface area contributed by atoms with E-state index < -0.39 is 6.10 Å². The highest BCUT2D eigenvalue weighted by Crippen LogP contribution is 2.32. The first-order chi connectivity index (χ1) is 7.54. The smallest absolute Gasteiger partial charge is 0.137 e. The maximum Gasteiger partial charge on any atom is 0.137 e. The Balaban J connectivity index is 2.66. The van der Waals surface area contributed by atoms with Crippen molar-refractivity contribution in [1.82, 2.24) is 0 Å². The van der Waals surface area contributed by atoms with Crippen LogP contribution in [0.25, 0.3) is 11.0 Å². The van der Waals surface area contributed by atoms with Gasteiger partial charge in [-0.1, -0.05) is 15.9 Å². The van der Waals surface area contributed by atoms with Gasteiger partial charge in [-0.2, -0.15) is 0 Å². The standard InChI is InChI=1S/C12H12BrClO2/c1-6-7(2)12-8(3-9(6)13)4-11(16-12)10(15)5-14/h3-4,10,15H,5H2,1-2H3. The number of aliphatic hydroxyl groups excluding tert-OH is 1. The molecular weight excluding hydrogens is 291 g/mol. The van der Waals surface area contributed by atoms with E-state index in [9.17, 15) is 5.11 Å². The second-order valence-electron chi connectivity index (χ2n) is 3.85. The van der Waals surface area contributed by atoms with Crippen molar-refractivity contribution in [2.24, 2.45) is 0 Å². The van der Waals surface area contributed by atoms with Gasteiger partial charge in [-0.3, -0.25) is 0 Å². The number of hydrogen-bond acceptors (Lipinski definition) is 2. The molecule has 0 fully saturated rings. The Labute approximate surface area is 107 Å². The number of benzene rings is 1. The van der Waals surface area contributed by atoms with E-state index in [2.05, 4.69) is 15.9 Å². The Morgan fingerprint density at radius 1 is 1.38 bits per heavy atom. The van der Waals surface area contributed by atoms with Crippen molar-refractivity contribution < 1.29 is 9.52 Å². The molecule has 0 amide bonds. The summed E-state index contributed by atoms with van der Waals surface area (Å²) in [4.78, 5) is 0. The molecular formula is C12H12BrClO2. The highest BCUT2D eigenvalue weighted by molar-refractivity contribution is 9.10.